The number of anilines is 1. The van der Waals surface area contributed by atoms with Gasteiger partial charge in [0.15, 0.2) is 0 Å². The fraction of sp³-hybridized carbons (Fsp3) is 0.727. The highest BCUT2D eigenvalue weighted by molar-refractivity contribution is 5.23. The van der Waals surface area contributed by atoms with Crippen LogP contribution in [-0.4, -0.2) is 46.5 Å². The second-order valence-corrected chi connectivity index (χ2v) is 4.49. The summed E-state index contributed by atoms with van der Waals surface area (Å²) in [7, 11) is 0. The molecule has 0 spiro atoms. The van der Waals surface area contributed by atoms with Crippen LogP contribution in [0.5, 0.6) is 0 Å². The van der Waals surface area contributed by atoms with Gasteiger partial charge in [0, 0.05) is 25.3 Å². The summed E-state index contributed by atoms with van der Waals surface area (Å²) in [5.74, 6) is 0.586. The Morgan fingerprint density at radius 1 is 1.50 bits per heavy atom. The fourth-order valence-corrected chi connectivity index (χ4v) is 2.02. The summed E-state index contributed by atoms with van der Waals surface area (Å²) >= 11 is 0. The molecule has 5 nitrogen and oxygen atoms in total. The molecule has 1 aliphatic rings. The van der Waals surface area contributed by atoms with Crippen LogP contribution in [-0.2, 0) is 11.3 Å². The van der Waals surface area contributed by atoms with Crippen molar-refractivity contribution in [3.63, 3.8) is 0 Å². The van der Waals surface area contributed by atoms with Crippen molar-refractivity contribution in [2.45, 2.75) is 32.5 Å². The van der Waals surface area contributed by atoms with Gasteiger partial charge in [-0.05, 0) is 19.9 Å². The highest BCUT2D eigenvalue weighted by Gasteiger charge is 2.22. The molecule has 1 fully saturated rings. The molecule has 1 aliphatic heterocycles. The Balaban J connectivity index is 1.84. The van der Waals surface area contributed by atoms with Crippen LogP contribution in [0, 0.1) is 0 Å². The maximum Gasteiger partial charge on any atom is 0.145 e. The Morgan fingerprint density at radius 3 is 3.00 bits per heavy atom. The van der Waals surface area contributed by atoms with Gasteiger partial charge in [-0.3, -0.25) is 9.58 Å². The average Bonchev–Trinajstić information content (AvgIpc) is 2.66. The lowest BCUT2D eigenvalue weighted by Crippen LogP contribution is -2.48. The van der Waals surface area contributed by atoms with Crippen molar-refractivity contribution in [2.75, 3.05) is 25.4 Å². The summed E-state index contributed by atoms with van der Waals surface area (Å²) in [6.45, 7) is 8.01. The largest absolute Gasteiger partial charge is 0.382 e. The zero-order chi connectivity index (χ0) is 11.5. The first-order valence-electron chi connectivity index (χ1n) is 5.79. The number of nitrogen functional groups attached to an aromatic ring is 1. The topological polar surface area (TPSA) is 56.3 Å². The molecule has 0 aliphatic carbocycles. The van der Waals surface area contributed by atoms with E-state index in [1.807, 2.05) is 16.9 Å². The lowest BCUT2D eigenvalue weighted by molar-refractivity contribution is -0.0504. The third kappa shape index (κ3) is 2.74. The lowest BCUT2D eigenvalue weighted by atomic mass is 10.2. The second kappa shape index (κ2) is 4.84. The van der Waals surface area contributed by atoms with E-state index in [1.54, 1.807) is 0 Å². The molecule has 2 heterocycles. The van der Waals surface area contributed by atoms with Gasteiger partial charge < -0.3 is 10.5 Å². The molecule has 2 N–H and O–H groups in total. The van der Waals surface area contributed by atoms with Gasteiger partial charge in [0.2, 0.25) is 0 Å². The molecule has 2 rings (SSSR count). The highest BCUT2D eigenvalue weighted by atomic mass is 16.5. The molecule has 1 aromatic rings. The molecule has 0 amide bonds. The second-order valence-electron chi connectivity index (χ2n) is 4.49. The molecule has 2 atom stereocenters. The molecule has 1 aromatic heterocycles. The SMILES string of the molecule is CC1CN(CCn2ccc(N)n2)C(C)CO1. The van der Waals surface area contributed by atoms with Gasteiger partial charge in [-0.15, -0.1) is 0 Å². The monoisotopic (exact) mass is 224 g/mol. The van der Waals surface area contributed by atoms with Gasteiger partial charge in [-0.25, -0.2) is 0 Å². The third-order valence-corrected chi connectivity index (χ3v) is 3.01. The van der Waals surface area contributed by atoms with Crippen molar-refractivity contribution in [3.05, 3.63) is 12.3 Å². The minimum Gasteiger partial charge on any atom is -0.382 e. The zero-order valence-corrected chi connectivity index (χ0v) is 9.97. The number of hydrogen-bond donors (Lipinski definition) is 1. The van der Waals surface area contributed by atoms with Crippen LogP contribution in [0.2, 0.25) is 0 Å². The van der Waals surface area contributed by atoms with Gasteiger partial charge in [0.25, 0.3) is 0 Å². The Labute approximate surface area is 96.2 Å². The van der Waals surface area contributed by atoms with E-state index in [2.05, 4.69) is 23.8 Å². The van der Waals surface area contributed by atoms with Gasteiger partial charge >= 0.3 is 0 Å². The normalized spacial score (nSPS) is 27.1. The first-order valence-corrected chi connectivity index (χ1v) is 5.79. The van der Waals surface area contributed by atoms with Crippen molar-refractivity contribution in [2.24, 2.45) is 0 Å². The van der Waals surface area contributed by atoms with E-state index in [-0.39, 0.29) is 0 Å². The zero-order valence-electron chi connectivity index (χ0n) is 9.97. The van der Waals surface area contributed by atoms with Crippen LogP contribution in [0.3, 0.4) is 0 Å². The maximum absolute atomic E-state index is 5.59. The van der Waals surface area contributed by atoms with Crippen molar-refractivity contribution < 1.29 is 4.74 Å². The highest BCUT2D eigenvalue weighted by Crippen LogP contribution is 2.11. The van der Waals surface area contributed by atoms with Crippen LogP contribution in [0.1, 0.15) is 13.8 Å². The van der Waals surface area contributed by atoms with E-state index < -0.39 is 0 Å². The van der Waals surface area contributed by atoms with Crippen LogP contribution >= 0.6 is 0 Å². The molecule has 0 aromatic carbocycles. The van der Waals surface area contributed by atoms with Crippen molar-refractivity contribution >= 4 is 5.82 Å². The van der Waals surface area contributed by atoms with Crippen molar-refractivity contribution in [1.29, 1.82) is 0 Å². The summed E-state index contributed by atoms with van der Waals surface area (Å²) in [6.07, 6.45) is 2.25. The minimum atomic E-state index is 0.332. The summed E-state index contributed by atoms with van der Waals surface area (Å²) in [5.41, 5.74) is 5.57. The first kappa shape index (κ1) is 11.4. The van der Waals surface area contributed by atoms with Crippen LogP contribution < -0.4 is 5.73 Å². The summed E-state index contributed by atoms with van der Waals surface area (Å²) < 4.78 is 7.48. The molecule has 90 valence electrons. The Morgan fingerprint density at radius 2 is 2.31 bits per heavy atom. The van der Waals surface area contributed by atoms with Crippen molar-refractivity contribution in [1.82, 2.24) is 14.7 Å². The van der Waals surface area contributed by atoms with Crippen LogP contribution in [0.25, 0.3) is 0 Å². The van der Waals surface area contributed by atoms with Gasteiger partial charge in [0.1, 0.15) is 5.82 Å². The Bertz CT molecular complexity index is 338. The van der Waals surface area contributed by atoms with E-state index in [0.29, 0.717) is 18.0 Å². The molecule has 0 bridgehead atoms. The molecule has 0 radical (unpaired) electrons. The van der Waals surface area contributed by atoms with Gasteiger partial charge in [-0.2, -0.15) is 5.10 Å². The number of morpholine rings is 1. The van der Waals surface area contributed by atoms with Gasteiger partial charge in [0.05, 0.1) is 19.3 Å². The molecule has 0 saturated carbocycles. The quantitative estimate of drug-likeness (QED) is 0.815. The predicted octanol–water partition coefficient (Wildman–Crippen LogP) is 0.575. The smallest absolute Gasteiger partial charge is 0.145 e. The van der Waals surface area contributed by atoms with E-state index in [1.165, 1.54) is 0 Å². The Kier molecular flexibility index (Phi) is 3.46. The van der Waals surface area contributed by atoms with Crippen molar-refractivity contribution in [3.8, 4) is 0 Å². The number of aromatic nitrogens is 2. The molecule has 2 unspecified atom stereocenters. The average molecular weight is 224 g/mol. The number of nitrogens with zero attached hydrogens (tertiary/aromatic N) is 3. The summed E-state index contributed by atoms with van der Waals surface area (Å²) in [4.78, 5) is 2.44. The van der Waals surface area contributed by atoms with E-state index in [4.69, 9.17) is 10.5 Å². The number of hydrogen-bond acceptors (Lipinski definition) is 4. The molecular weight excluding hydrogens is 204 g/mol. The van der Waals surface area contributed by atoms with E-state index in [0.717, 1.165) is 26.2 Å². The number of ether oxygens (including phenoxy) is 1. The predicted molar refractivity (Wildman–Crippen MR) is 63.1 cm³/mol. The van der Waals surface area contributed by atoms with E-state index >= 15 is 0 Å². The van der Waals surface area contributed by atoms with Gasteiger partial charge in [-0.1, -0.05) is 0 Å². The number of rotatable bonds is 3. The summed E-state index contributed by atoms with van der Waals surface area (Å²) in [5, 5.41) is 4.18. The maximum atomic E-state index is 5.59. The molecule has 1 saturated heterocycles. The molecular formula is C11H20N4O. The fourth-order valence-electron chi connectivity index (χ4n) is 2.02. The minimum absolute atomic E-state index is 0.332. The number of nitrogens with two attached hydrogens (primary N) is 1. The Hall–Kier alpha value is -1.07. The summed E-state index contributed by atoms with van der Waals surface area (Å²) in [6, 6.07) is 2.31. The molecule has 16 heavy (non-hydrogen) atoms. The van der Waals surface area contributed by atoms with Crippen LogP contribution in [0.15, 0.2) is 12.3 Å². The van der Waals surface area contributed by atoms with Crippen LogP contribution in [0.4, 0.5) is 5.82 Å². The third-order valence-electron chi connectivity index (χ3n) is 3.01. The van der Waals surface area contributed by atoms with E-state index in [9.17, 15) is 0 Å². The first-order chi connectivity index (χ1) is 7.65. The standard InChI is InChI=1S/C11H20N4O/c1-9-8-16-10(2)7-14(9)5-6-15-4-3-11(12)13-15/h3-4,9-10H,5-8H2,1-2H3,(H2,12,13). The lowest BCUT2D eigenvalue weighted by Gasteiger charge is -2.36. The molecule has 5 heteroatoms.